The van der Waals surface area contributed by atoms with Gasteiger partial charge in [0, 0.05) is 44.3 Å². The van der Waals surface area contributed by atoms with Crippen LogP contribution >= 0.6 is 0 Å². The minimum absolute atomic E-state index is 1.09. The molecule has 3 heterocycles. The maximum atomic E-state index is 2.50. The number of anilines is 6. The quantitative estimate of drug-likeness (QED) is 0.160. The Bertz CT molecular complexity index is 4160. The van der Waals surface area contributed by atoms with Crippen LogP contribution in [0, 0.1) is 0 Å². The topological polar surface area (TPSA) is 16.3 Å². The fraction of sp³-hybridized carbons (Fsp3) is 0. The molecule has 4 heteroatoms. The highest BCUT2D eigenvalue weighted by Crippen LogP contribution is 2.56. The number of nitrogens with zero attached hydrogens (tertiary/aromatic N) is 4. The maximum absolute atomic E-state index is 2.50. The van der Waals surface area contributed by atoms with Gasteiger partial charge < -0.3 is 18.9 Å². The zero-order valence-electron chi connectivity index (χ0n) is 38.0. The largest absolute Gasteiger partial charge is 0.309 e. The maximum Gasteiger partial charge on any atom is 0.0724 e. The highest BCUT2D eigenvalue weighted by atomic mass is 15.3. The second kappa shape index (κ2) is 15.1. The molecule has 0 saturated heterocycles. The molecule has 1 aliphatic heterocycles. The van der Waals surface area contributed by atoms with E-state index >= 15 is 0 Å². The zero-order chi connectivity index (χ0) is 45.9. The van der Waals surface area contributed by atoms with Gasteiger partial charge in [0.25, 0.3) is 0 Å². The molecular weight excluding hydrogens is 849 g/mol. The van der Waals surface area contributed by atoms with E-state index in [4.69, 9.17) is 0 Å². The normalized spacial score (nSPS) is 12.5. The first-order chi connectivity index (χ1) is 34.7. The summed E-state index contributed by atoms with van der Waals surface area (Å²) in [6, 6.07) is 93.8. The van der Waals surface area contributed by atoms with Crippen LogP contribution in [0.3, 0.4) is 0 Å². The van der Waals surface area contributed by atoms with E-state index in [0.29, 0.717) is 0 Å². The van der Waals surface area contributed by atoms with Crippen molar-refractivity contribution in [3.05, 3.63) is 255 Å². The summed E-state index contributed by atoms with van der Waals surface area (Å²) in [7, 11) is 0. The molecule has 326 valence electrons. The van der Waals surface area contributed by atoms with Crippen LogP contribution in [0.5, 0.6) is 0 Å². The minimum Gasteiger partial charge on any atom is -0.309 e. The number of fused-ring (bicyclic) bond motifs is 14. The summed E-state index contributed by atoms with van der Waals surface area (Å²) < 4.78 is 4.86. The third-order valence-electron chi connectivity index (χ3n) is 14.8. The van der Waals surface area contributed by atoms with E-state index in [0.717, 1.165) is 45.5 Å². The number of aromatic nitrogens is 2. The lowest BCUT2D eigenvalue weighted by atomic mass is 9.91. The van der Waals surface area contributed by atoms with Gasteiger partial charge in [-0.2, -0.15) is 0 Å². The standard InChI is InChI=1S/C66H42N4/c1-3-17-43(18-4-1)44-31-35-51-49-21-7-8-22-50(49)52-36-32-46(40-58(52)57(51)39-44)70-63-37-33-47(68-59-27-13-9-23-53(59)54-24-10-14-28-60(54)68)41-65(63)67(45-19-5-2-6-20-45)66-42-48(34-38-64(66)70)69-61-29-15-11-25-55(61)56-26-12-16-30-62(56)69/h1-42H. The van der Waals surface area contributed by atoms with Gasteiger partial charge in [-0.15, -0.1) is 0 Å². The number of hydrogen-bond donors (Lipinski definition) is 0. The summed E-state index contributed by atoms with van der Waals surface area (Å²) in [5, 5.41) is 12.4. The predicted molar refractivity (Wildman–Crippen MR) is 296 cm³/mol. The van der Waals surface area contributed by atoms with Gasteiger partial charge in [0.1, 0.15) is 0 Å². The summed E-state index contributed by atoms with van der Waals surface area (Å²) in [5.74, 6) is 0. The molecule has 0 N–H and O–H groups in total. The molecule has 0 aliphatic carbocycles. The lowest BCUT2D eigenvalue weighted by Crippen LogP contribution is -2.24. The molecule has 0 radical (unpaired) electrons. The predicted octanol–water partition coefficient (Wildman–Crippen LogP) is 18.3. The first-order valence-corrected chi connectivity index (χ1v) is 24.1. The number of hydrogen-bond acceptors (Lipinski definition) is 2. The van der Waals surface area contributed by atoms with E-state index in [9.17, 15) is 0 Å². The number of benzene rings is 12. The molecule has 0 fully saturated rings. The summed E-state index contributed by atoms with van der Waals surface area (Å²) >= 11 is 0. The Kier molecular flexibility index (Phi) is 8.33. The fourth-order valence-electron chi connectivity index (χ4n) is 11.7. The first kappa shape index (κ1) is 38.7. The summed E-state index contributed by atoms with van der Waals surface area (Å²) in [4.78, 5) is 4.98. The SMILES string of the molecule is c1ccc(-c2ccc3c4ccccc4c4ccc(N5c6ccc(-n7c8ccccc8c8ccccc87)cc6N(c6ccccc6)c6cc(-n7c8ccccc8c8ccccc87)ccc65)cc4c3c2)cc1. The highest BCUT2D eigenvalue weighted by Gasteiger charge is 2.32. The van der Waals surface area contributed by atoms with Gasteiger partial charge in [-0.25, -0.2) is 0 Å². The van der Waals surface area contributed by atoms with Crippen molar-refractivity contribution in [2.45, 2.75) is 0 Å². The second-order valence-corrected chi connectivity index (χ2v) is 18.5. The molecule has 0 saturated carbocycles. The molecule has 15 rings (SSSR count). The number of rotatable bonds is 5. The van der Waals surface area contributed by atoms with Crippen molar-refractivity contribution < 1.29 is 0 Å². The van der Waals surface area contributed by atoms with Crippen molar-refractivity contribution in [3.63, 3.8) is 0 Å². The minimum atomic E-state index is 1.09. The molecule has 12 aromatic carbocycles. The van der Waals surface area contributed by atoms with Crippen molar-refractivity contribution in [1.82, 2.24) is 9.13 Å². The van der Waals surface area contributed by atoms with Gasteiger partial charge in [0.15, 0.2) is 0 Å². The highest BCUT2D eigenvalue weighted by molar-refractivity contribution is 6.26. The van der Waals surface area contributed by atoms with Gasteiger partial charge in [-0.3, -0.25) is 0 Å². The molecule has 1 aliphatic rings. The average molecular weight is 891 g/mol. The molecule has 0 amide bonds. The van der Waals surface area contributed by atoms with Gasteiger partial charge in [-0.05, 0) is 134 Å². The van der Waals surface area contributed by atoms with Gasteiger partial charge in [-0.1, -0.05) is 164 Å². The smallest absolute Gasteiger partial charge is 0.0724 e. The van der Waals surface area contributed by atoms with Gasteiger partial charge in [0.2, 0.25) is 0 Å². The van der Waals surface area contributed by atoms with E-state index in [2.05, 4.69) is 274 Å². The molecule has 0 bridgehead atoms. The van der Waals surface area contributed by atoms with Gasteiger partial charge >= 0.3 is 0 Å². The van der Waals surface area contributed by atoms with Crippen LogP contribution in [0.4, 0.5) is 34.1 Å². The van der Waals surface area contributed by atoms with Crippen molar-refractivity contribution in [3.8, 4) is 22.5 Å². The van der Waals surface area contributed by atoms with Crippen molar-refractivity contribution in [2.24, 2.45) is 0 Å². The Morgan fingerprint density at radius 3 is 1.06 bits per heavy atom. The van der Waals surface area contributed by atoms with Gasteiger partial charge in [0.05, 0.1) is 44.8 Å². The van der Waals surface area contributed by atoms with E-state index in [1.165, 1.54) is 87.1 Å². The van der Waals surface area contributed by atoms with Crippen LogP contribution < -0.4 is 9.80 Å². The number of para-hydroxylation sites is 5. The Morgan fingerprint density at radius 2 is 0.557 bits per heavy atom. The van der Waals surface area contributed by atoms with Crippen LogP contribution in [-0.4, -0.2) is 9.13 Å². The summed E-state index contributed by atoms with van der Waals surface area (Å²) in [6.45, 7) is 0. The Hall–Kier alpha value is -9.38. The van der Waals surface area contributed by atoms with Crippen molar-refractivity contribution in [2.75, 3.05) is 9.80 Å². The van der Waals surface area contributed by atoms with Crippen LogP contribution in [0.15, 0.2) is 255 Å². The fourth-order valence-corrected chi connectivity index (χ4v) is 11.7. The van der Waals surface area contributed by atoms with E-state index in [1.807, 2.05) is 0 Å². The van der Waals surface area contributed by atoms with Crippen LogP contribution in [-0.2, 0) is 0 Å². The third kappa shape index (κ3) is 5.65. The summed E-state index contributed by atoms with van der Waals surface area (Å²) in [6.07, 6.45) is 0. The third-order valence-corrected chi connectivity index (χ3v) is 14.8. The Labute approximate surface area is 404 Å². The first-order valence-electron chi connectivity index (χ1n) is 24.1. The Morgan fingerprint density at radius 1 is 0.186 bits per heavy atom. The molecule has 0 spiro atoms. The monoisotopic (exact) mass is 890 g/mol. The van der Waals surface area contributed by atoms with Crippen molar-refractivity contribution in [1.29, 1.82) is 0 Å². The van der Waals surface area contributed by atoms with Crippen LogP contribution in [0.25, 0.3) is 98.4 Å². The molecule has 14 aromatic rings. The lowest BCUT2D eigenvalue weighted by molar-refractivity contribution is 1.12. The molecule has 4 nitrogen and oxygen atoms in total. The zero-order valence-corrected chi connectivity index (χ0v) is 38.0. The van der Waals surface area contributed by atoms with Crippen LogP contribution in [0.1, 0.15) is 0 Å². The summed E-state index contributed by atoms with van der Waals surface area (Å²) in [5.41, 5.74) is 15.9. The molecule has 70 heavy (non-hydrogen) atoms. The molecular formula is C66H42N4. The second-order valence-electron chi connectivity index (χ2n) is 18.5. The molecule has 0 unspecified atom stereocenters. The van der Waals surface area contributed by atoms with Crippen LogP contribution in [0.2, 0.25) is 0 Å². The molecule has 0 atom stereocenters. The van der Waals surface area contributed by atoms with Crippen molar-refractivity contribution >= 4 is 110 Å². The van der Waals surface area contributed by atoms with E-state index in [-0.39, 0.29) is 0 Å². The molecule has 2 aromatic heterocycles. The lowest BCUT2D eigenvalue weighted by Gasteiger charge is -2.41. The van der Waals surface area contributed by atoms with E-state index in [1.54, 1.807) is 0 Å². The average Bonchev–Trinajstić information content (AvgIpc) is 3.95. The van der Waals surface area contributed by atoms with E-state index < -0.39 is 0 Å². The Balaban J connectivity index is 1.03.